The molecule has 0 saturated heterocycles. The molecule has 0 radical (unpaired) electrons. The molecule has 2 aliphatic rings. The second kappa shape index (κ2) is 4.66. The van der Waals surface area contributed by atoms with Gasteiger partial charge in [-0.2, -0.15) is 0 Å². The van der Waals surface area contributed by atoms with Crippen LogP contribution in [-0.4, -0.2) is 48.4 Å². The predicted octanol–water partition coefficient (Wildman–Crippen LogP) is 0.387. The van der Waals surface area contributed by atoms with Crippen molar-refractivity contribution in [2.75, 3.05) is 14.2 Å². The number of fused-ring (bicyclic) bond motifs is 1. The predicted molar refractivity (Wildman–Crippen MR) is 71.8 cm³/mol. The van der Waals surface area contributed by atoms with E-state index in [0.29, 0.717) is 0 Å². The van der Waals surface area contributed by atoms with Crippen molar-refractivity contribution in [2.24, 2.45) is 5.92 Å². The Balaban J connectivity index is 2.06. The number of esters is 2. The van der Waals surface area contributed by atoms with Crippen molar-refractivity contribution in [2.45, 2.75) is 12.0 Å². The van der Waals surface area contributed by atoms with Gasteiger partial charge in [0.15, 0.2) is 5.54 Å². The van der Waals surface area contributed by atoms with Crippen molar-refractivity contribution < 1.29 is 28.7 Å². The maximum absolute atomic E-state index is 12.5. The van der Waals surface area contributed by atoms with E-state index in [2.05, 4.69) is 4.74 Å². The summed E-state index contributed by atoms with van der Waals surface area (Å²) in [7, 11) is 2.33. The Bertz CT molecular complexity index is 677. The number of nitrogens with zero attached hydrogens (tertiary/aromatic N) is 1. The molecule has 1 saturated carbocycles. The Hall–Kier alpha value is -2.70. The van der Waals surface area contributed by atoms with Crippen molar-refractivity contribution in [3.05, 3.63) is 35.4 Å². The van der Waals surface area contributed by atoms with Gasteiger partial charge >= 0.3 is 11.9 Å². The van der Waals surface area contributed by atoms with E-state index in [-0.39, 0.29) is 17.5 Å². The van der Waals surface area contributed by atoms with Gasteiger partial charge in [-0.1, -0.05) is 12.1 Å². The Morgan fingerprint density at radius 1 is 1.09 bits per heavy atom. The summed E-state index contributed by atoms with van der Waals surface area (Å²) >= 11 is 0. The standard InChI is InChI=1S/C15H13NO6/c1-21-13(19)10-7-15(10,14(20)22-2)16-11(17)8-5-3-4-6-9(8)12(16)18/h3-6,10H,7H2,1-2H3/t10-,15-/m0/s1. The number of hydrogen-bond acceptors (Lipinski definition) is 6. The molecule has 0 N–H and O–H groups in total. The first kappa shape index (κ1) is 14.2. The number of methoxy groups -OCH3 is 2. The van der Waals surface area contributed by atoms with Crippen LogP contribution in [0.5, 0.6) is 0 Å². The van der Waals surface area contributed by atoms with E-state index in [1.165, 1.54) is 19.2 Å². The Labute approximate surface area is 125 Å². The number of amides is 2. The maximum atomic E-state index is 12.5. The monoisotopic (exact) mass is 303 g/mol. The molecule has 1 aromatic carbocycles. The van der Waals surface area contributed by atoms with Crippen molar-refractivity contribution in [1.29, 1.82) is 0 Å². The molecule has 7 heteroatoms. The van der Waals surface area contributed by atoms with Gasteiger partial charge in [-0.25, -0.2) is 4.79 Å². The van der Waals surface area contributed by atoms with Crippen LogP contribution in [0.3, 0.4) is 0 Å². The summed E-state index contributed by atoms with van der Waals surface area (Å²) in [4.78, 5) is 49.8. The summed E-state index contributed by atoms with van der Waals surface area (Å²) in [6, 6.07) is 6.28. The Morgan fingerprint density at radius 3 is 2.09 bits per heavy atom. The smallest absolute Gasteiger partial charge is 0.333 e. The summed E-state index contributed by atoms with van der Waals surface area (Å²) < 4.78 is 9.35. The first-order valence-electron chi connectivity index (χ1n) is 6.63. The minimum Gasteiger partial charge on any atom is -0.469 e. The molecular weight excluding hydrogens is 290 g/mol. The van der Waals surface area contributed by atoms with Gasteiger partial charge in [-0.15, -0.1) is 0 Å². The molecule has 1 aliphatic heterocycles. The zero-order valence-corrected chi connectivity index (χ0v) is 12.0. The minimum atomic E-state index is -1.60. The number of hydrogen-bond donors (Lipinski definition) is 0. The van der Waals surface area contributed by atoms with E-state index < -0.39 is 35.2 Å². The third-order valence-electron chi connectivity index (χ3n) is 4.15. The third kappa shape index (κ3) is 1.62. The lowest BCUT2D eigenvalue weighted by Crippen LogP contribution is -2.50. The van der Waals surface area contributed by atoms with Crippen molar-refractivity contribution in [3.8, 4) is 0 Å². The van der Waals surface area contributed by atoms with Gasteiger partial charge in [-0.3, -0.25) is 19.3 Å². The van der Waals surface area contributed by atoms with Crippen LogP contribution in [0.25, 0.3) is 0 Å². The van der Waals surface area contributed by atoms with E-state index in [0.717, 1.165) is 12.0 Å². The molecule has 1 fully saturated rings. The summed E-state index contributed by atoms with van der Waals surface area (Å²) in [6.07, 6.45) is 0.0117. The second-order valence-electron chi connectivity index (χ2n) is 5.19. The first-order valence-corrected chi connectivity index (χ1v) is 6.63. The lowest BCUT2D eigenvalue weighted by atomic mass is 10.1. The fourth-order valence-corrected chi connectivity index (χ4v) is 2.97. The third-order valence-corrected chi connectivity index (χ3v) is 4.15. The zero-order chi connectivity index (χ0) is 16.1. The minimum absolute atomic E-state index is 0.0117. The highest BCUT2D eigenvalue weighted by Gasteiger charge is 2.73. The molecule has 0 spiro atoms. The lowest BCUT2D eigenvalue weighted by Gasteiger charge is -2.24. The maximum Gasteiger partial charge on any atom is 0.333 e. The quantitative estimate of drug-likeness (QED) is 0.592. The zero-order valence-electron chi connectivity index (χ0n) is 12.0. The van der Waals surface area contributed by atoms with Gasteiger partial charge in [0.2, 0.25) is 0 Å². The highest BCUT2D eigenvalue weighted by atomic mass is 16.5. The Kier molecular flexibility index (Phi) is 3.01. The fourth-order valence-electron chi connectivity index (χ4n) is 2.97. The van der Waals surface area contributed by atoms with E-state index in [1.807, 2.05) is 0 Å². The first-order chi connectivity index (χ1) is 10.5. The van der Waals surface area contributed by atoms with Crippen LogP contribution < -0.4 is 0 Å². The van der Waals surface area contributed by atoms with Crippen LogP contribution >= 0.6 is 0 Å². The van der Waals surface area contributed by atoms with Crippen molar-refractivity contribution in [1.82, 2.24) is 4.90 Å². The van der Waals surface area contributed by atoms with Crippen LogP contribution in [0.2, 0.25) is 0 Å². The molecule has 0 aromatic heterocycles. The SMILES string of the molecule is COC(=O)[C@@H]1C[C@]1(C(=O)OC)N1C(=O)c2ccccc2C1=O. The summed E-state index contributed by atoms with van der Waals surface area (Å²) in [5.74, 6) is -3.54. The van der Waals surface area contributed by atoms with Crippen molar-refractivity contribution in [3.63, 3.8) is 0 Å². The van der Waals surface area contributed by atoms with Gasteiger partial charge < -0.3 is 9.47 Å². The average molecular weight is 303 g/mol. The molecule has 0 bridgehead atoms. The topological polar surface area (TPSA) is 90.0 Å². The molecule has 1 aromatic rings. The molecule has 2 amide bonds. The molecule has 2 atom stereocenters. The number of imide groups is 1. The molecule has 1 heterocycles. The summed E-state index contributed by atoms with van der Waals surface area (Å²) in [5.41, 5.74) is -1.17. The lowest BCUT2D eigenvalue weighted by molar-refractivity contribution is -0.152. The van der Waals surface area contributed by atoms with Gasteiger partial charge in [0.05, 0.1) is 31.3 Å². The molecule has 3 rings (SSSR count). The van der Waals surface area contributed by atoms with E-state index in [1.54, 1.807) is 12.1 Å². The molecule has 1 aliphatic carbocycles. The van der Waals surface area contributed by atoms with Crippen LogP contribution in [0.4, 0.5) is 0 Å². The van der Waals surface area contributed by atoms with Crippen LogP contribution in [0.15, 0.2) is 24.3 Å². The van der Waals surface area contributed by atoms with Crippen LogP contribution in [0.1, 0.15) is 27.1 Å². The van der Waals surface area contributed by atoms with Crippen LogP contribution in [-0.2, 0) is 19.1 Å². The van der Waals surface area contributed by atoms with Crippen molar-refractivity contribution >= 4 is 23.8 Å². The summed E-state index contributed by atoms with van der Waals surface area (Å²) in [5, 5.41) is 0. The van der Waals surface area contributed by atoms with E-state index in [9.17, 15) is 19.2 Å². The number of carbonyl (C=O) groups excluding carboxylic acids is 4. The van der Waals surface area contributed by atoms with E-state index in [4.69, 9.17) is 4.74 Å². The largest absolute Gasteiger partial charge is 0.469 e. The fraction of sp³-hybridized carbons (Fsp3) is 0.333. The van der Waals surface area contributed by atoms with Gasteiger partial charge in [0.25, 0.3) is 11.8 Å². The molecule has 7 nitrogen and oxygen atoms in total. The average Bonchev–Trinajstić information content (AvgIpc) is 3.23. The van der Waals surface area contributed by atoms with E-state index >= 15 is 0 Å². The van der Waals surface area contributed by atoms with Gasteiger partial charge in [0, 0.05) is 0 Å². The summed E-state index contributed by atoms with van der Waals surface area (Å²) in [6.45, 7) is 0. The van der Waals surface area contributed by atoms with Gasteiger partial charge in [0.1, 0.15) is 0 Å². The molecule has 0 unspecified atom stereocenters. The number of rotatable bonds is 3. The number of benzene rings is 1. The van der Waals surface area contributed by atoms with Gasteiger partial charge in [-0.05, 0) is 18.6 Å². The molecular formula is C15H13NO6. The molecule has 114 valence electrons. The van der Waals surface area contributed by atoms with Crippen LogP contribution in [0, 0.1) is 5.92 Å². The Morgan fingerprint density at radius 2 is 1.64 bits per heavy atom. The highest BCUT2D eigenvalue weighted by molar-refractivity contribution is 6.24. The highest BCUT2D eigenvalue weighted by Crippen LogP contribution is 2.52. The molecule has 22 heavy (non-hydrogen) atoms. The second-order valence-corrected chi connectivity index (χ2v) is 5.19. The normalized spacial score (nSPS) is 25.7. The number of carbonyl (C=O) groups is 4. The number of ether oxygens (including phenoxy) is 2.